The summed E-state index contributed by atoms with van der Waals surface area (Å²) in [5, 5.41) is 4.95. The van der Waals surface area contributed by atoms with E-state index in [1.165, 1.54) is 55.2 Å². The summed E-state index contributed by atoms with van der Waals surface area (Å²) in [6, 6.07) is 12.2. The fraction of sp³-hybridized carbons (Fsp3) is 0.500. The summed E-state index contributed by atoms with van der Waals surface area (Å²) >= 11 is 0. The third kappa shape index (κ3) is 2.56. The van der Waals surface area contributed by atoms with Gasteiger partial charge in [0.25, 0.3) is 0 Å². The van der Waals surface area contributed by atoms with Crippen LogP contribution in [0.15, 0.2) is 36.5 Å². The molecule has 1 N–H and O–H groups in total. The summed E-state index contributed by atoms with van der Waals surface area (Å²) in [6.07, 6.45) is 7.27. The van der Waals surface area contributed by atoms with Crippen molar-refractivity contribution in [1.82, 2.24) is 15.2 Å². The van der Waals surface area contributed by atoms with Crippen molar-refractivity contribution in [3.8, 4) is 0 Å². The van der Waals surface area contributed by atoms with Crippen molar-refractivity contribution in [3.05, 3.63) is 42.1 Å². The van der Waals surface area contributed by atoms with Crippen molar-refractivity contribution in [3.63, 3.8) is 0 Å². The minimum absolute atomic E-state index is 0.704. The van der Waals surface area contributed by atoms with Gasteiger partial charge in [-0.1, -0.05) is 24.3 Å². The van der Waals surface area contributed by atoms with E-state index in [1.807, 2.05) is 12.3 Å². The van der Waals surface area contributed by atoms with Gasteiger partial charge in [-0.15, -0.1) is 0 Å². The summed E-state index contributed by atoms with van der Waals surface area (Å²) in [6.45, 7) is 3.47. The van der Waals surface area contributed by atoms with Crippen molar-refractivity contribution in [1.29, 1.82) is 0 Å². The van der Waals surface area contributed by atoms with Crippen LogP contribution in [-0.2, 0) is 6.54 Å². The molecule has 0 aliphatic carbocycles. The van der Waals surface area contributed by atoms with Crippen molar-refractivity contribution >= 4 is 10.9 Å². The molecular weight excluding hydrogens is 258 g/mol. The summed E-state index contributed by atoms with van der Waals surface area (Å²) in [7, 11) is 0. The van der Waals surface area contributed by atoms with Gasteiger partial charge in [-0.3, -0.25) is 9.88 Å². The van der Waals surface area contributed by atoms with Gasteiger partial charge in [-0.2, -0.15) is 0 Å². The van der Waals surface area contributed by atoms with Crippen LogP contribution in [-0.4, -0.2) is 35.1 Å². The number of rotatable bonds is 3. The van der Waals surface area contributed by atoms with Crippen LogP contribution in [0.4, 0.5) is 0 Å². The first-order chi connectivity index (χ1) is 10.4. The topological polar surface area (TPSA) is 28.2 Å². The SMILES string of the molecule is c1cnc2c(CN3CCCC3C3CCCN3)cccc2c1. The molecule has 21 heavy (non-hydrogen) atoms. The molecule has 110 valence electrons. The Bertz CT molecular complexity index is 613. The maximum absolute atomic E-state index is 4.60. The van der Waals surface area contributed by atoms with Gasteiger partial charge in [0.15, 0.2) is 0 Å². The number of para-hydroxylation sites is 1. The molecule has 2 unspecified atom stereocenters. The molecule has 2 aliphatic heterocycles. The summed E-state index contributed by atoms with van der Waals surface area (Å²) in [5.41, 5.74) is 2.54. The van der Waals surface area contributed by atoms with E-state index in [0.717, 1.165) is 6.54 Å². The normalized spacial score (nSPS) is 26.7. The fourth-order valence-corrected chi connectivity index (χ4v) is 4.06. The number of hydrogen-bond donors (Lipinski definition) is 1. The van der Waals surface area contributed by atoms with Gasteiger partial charge in [-0.25, -0.2) is 0 Å². The third-order valence-corrected chi connectivity index (χ3v) is 5.07. The Labute approximate surface area is 126 Å². The van der Waals surface area contributed by atoms with Crippen LogP contribution < -0.4 is 5.32 Å². The molecule has 0 amide bonds. The first kappa shape index (κ1) is 13.2. The van der Waals surface area contributed by atoms with Gasteiger partial charge in [-0.05, 0) is 50.4 Å². The van der Waals surface area contributed by atoms with Gasteiger partial charge >= 0.3 is 0 Å². The van der Waals surface area contributed by atoms with Crippen LogP contribution in [0.1, 0.15) is 31.2 Å². The molecule has 2 atom stereocenters. The van der Waals surface area contributed by atoms with Crippen molar-refractivity contribution < 1.29 is 0 Å². The highest BCUT2D eigenvalue weighted by Gasteiger charge is 2.33. The quantitative estimate of drug-likeness (QED) is 0.937. The minimum Gasteiger partial charge on any atom is -0.312 e. The molecule has 0 spiro atoms. The number of nitrogens with one attached hydrogen (secondary N) is 1. The van der Waals surface area contributed by atoms with Crippen LogP contribution in [0.25, 0.3) is 10.9 Å². The minimum atomic E-state index is 0.704. The van der Waals surface area contributed by atoms with E-state index in [1.54, 1.807) is 0 Å². The van der Waals surface area contributed by atoms with Crippen molar-refractivity contribution in [2.75, 3.05) is 13.1 Å². The molecule has 0 radical (unpaired) electrons. The Morgan fingerprint density at radius 2 is 2.10 bits per heavy atom. The van der Waals surface area contributed by atoms with E-state index in [-0.39, 0.29) is 0 Å². The zero-order valence-electron chi connectivity index (χ0n) is 12.5. The highest BCUT2D eigenvalue weighted by Crippen LogP contribution is 2.27. The lowest BCUT2D eigenvalue weighted by molar-refractivity contribution is 0.207. The largest absolute Gasteiger partial charge is 0.312 e. The Hall–Kier alpha value is -1.45. The molecule has 1 aromatic heterocycles. The smallest absolute Gasteiger partial charge is 0.0746 e. The Morgan fingerprint density at radius 3 is 3.00 bits per heavy atom. The van der Waals surface area contributed by atoms with Crippen LogP contribution in [0.5, 0.6) is 0 Å². The third-order valence-electron chi connectivity index (χ3n) is 5.07. The van der Waals surface area contributed by atoms with Crippen LogP contribution in [0, 0.1) is 0 Å². The molecule has 2 aliphatic rings. The van der Waals surface area contributed by atoms with Gasteiger partial charge in [0, 0.05) is 30.2 Å². The first-order valence-corrected chi connectivity index (χ1v) is 8.22. The number of hydrogen-bond acceptors (Lipinski definition) is 3. The lowest BCUT2D eigenvalue weighted by Gasteiger charge is -2.29. The first-order valence-electron chi connectivity index (χ1n) is 8.22. The zero-order valence-corrected chi connectivity index (χ0v) is 12.5. The zero-order chi connectivity index (χ0) is 14.1. The fourth-order valence-electron chi connectivity index (χ4n) is 4.06. The molecule has 3 heteroatoms. The second-order valence-electron chi connectivity index (χ2n) is 6.38. The molecule has 2 aromatic rings. The van der Waals surface area contributed by atoms with Gasteiger partial charge in [0.05, 0.1) is 5.52 Å². The Kier molecular flexibility index (Phi) is 3.62. The number of likely N-dealkylation sites (tertiary alicyclic amines) is 1. The van der Waals surface area contributed by atoms with Crippen molar-refractivity contribution in [2.24, 2.45) is 0 Å². The average molecular weight is 281 g/mol. The van der Waals surface area contributed by atoms with E-state index < -0.39 is 0 Å². The lowest BCUT2D eigenvalue weighted by atomic mass is 10.0. The van der Waals surface area contributed by atoms with Gasteiger partial charge in [0.1, 0.15) is 0 Å². The molecule has 3 heterocycles. The summed E-state index contributed by atoms with van der Waals surface area (Å²) in [5.74, 6) is 0. The standard InChI is InChI=1S/C18H23N3/c1-5-14-7-2-11-20-18(14)15(6-1)13-21-12-4-9-17(21)16-8-3-10-19-16/h1-2,5-7,11,16-17,19H,3-4,8-10,12-13H2. The molecule has 2 saturated heterocycles. The number of aromatic nitrogens is 1. The second-order valence-corrected chi connectivity index (χ2v) is 6.38. The molecule has 0 bridgehead atoms. The van der Waals surface area contributed by atoms with Gasteiger partial charge in [0.2, 0.25) is 0 Å². The number of nitrogens with zero attached hydrogens (tertiary/aromatic N) is 2. The monoisotopic (exact) mass is 281 g/mol. The molecule has 4 rings (SSSR count). The predicted molar refractivity (Wildman–Crippen MR) is 86.2 cm³/mol. The Balaban J connectivity index is 1.59. The van der Waals surface area contributed by atoms with Gasteiger partial charge < -0.3 is 5.32 Å². The van der Waals surface area contributed by atoms with E-state index in [4.69, 9.17) is 0 Å². The molecule has 1 aromatic carbocycles. The molecule has 3 nitrogen and oxygen atoms in total. The Morgan fingerprint density at radius 1 is 1.14 bits per heavy atom. The highest BCUT2D eigenvalue weighted by atomic mass is 15.2. The van der Waals surface area contributed by atoms with Crippen LogP contribution >= 0.6 is 0 Å². The van der Waals surface area contributed by atoms with Crippen molar-refractivity contribution in [2.45, 2.75) is 44.3 Å². The van der Waals surface area contributed by atoms with Crippen LogP contribution in [0.2, 0.25) is 0 Å². The number of pyridine rings is 1. The van der Waals surface area contributed by atoms with Crippen LogP contribution in [0.3, 0.4) is 0 Å². The van der Waals surface area contributed by atoms with E-state index in [2.05, 4.69) is 39.5 Å². The second kappa shape index (κ2) is 5.74. The predicted octanol–water partition coefficient (Wildman–Crippen LogP) is 2.95. The maximum Gasteiger partial charge on any atom is 0.0746 e. The molecule has 0 saturated carbocycles. The van der Waals surface area contributed by atoms with E-state index in [0.29, 0.717) is 12.1 Å². The summed E-state index contributed by atoms with van der Waals surface area (Å²) < 4.78 is 0. The lowest BCUT2D eigenvalue weighted by Crippen LogP contribution is -2.43. The molecular formula is C18H23N3. The van der Waals surface area contributed by atoms with E-state index >= 15 is 0 Å². The maximum atomic E-state index is 4.60. The number of fused-ring (bicyclic) bond motifs is 1. The van der Waals surface area contributed by atoms with E-state index in [9.17, 15) is 0 Å². The molecule has 2 fully saturated rings. The number of benzene rings is 1. The summed E-state index contributed by atoms with van der Waals surface area (Å²) in [4.78, 5) is 7.28. The average Bonchev–Trinajstić information content (AvgIpc) is 3.18. The highest BCUT2D eigenvalue weighted by molar-refractivity contribution is 5.81.